The summed E-state index contributed by atoms with van der Waals surface area (Å²) < 4.78 is 0. The zero-order chi connectivity index (χ0) is 8.93. The second-order valence-corrected chi connectivity index (χ2v) is 5.40. The molecule has 70 valence electrons. The summed E-state index contributed by atoms with van der Waals surface area (Å²) in [6, 6.07) is 0. The Hall–Kier alpha value is -0.0400. The Labute approximate surface area is 75.2 Å². The SMILES string of the molecule is C[C@H]1[C@H](CO)C[C@H]2C[C@H]1C2(C)C. The van der Waals surface area contributed by atoms with E-state index in [1.54, 1.807) is 0 Å². The number of aliphatic hydroxyl groups excluding tert-OH is 1. The van der Waals surface area contributed by atoms with Gasteiger partial charge >= 0.3 is 0 Å². The van der Waals surface area contributed by atoms with Crippen LogP contribution in [0.1, 0.15) is 33.6 Å². The van der Waals surface area contributed by atoms with Crippen molar-refractivity contribution in [2.75, 3.05) is 6.61 Å². The van der Waals surface area contributed by atoms with E-state index in [2.05, 4.69) is 20.8 Å². The maximum absolute atomic E-state index is 9.17. The van der Waals surface area contributed by atoms with Crippen molar-refractivity contribution in [1.82, 2.24) is 0 Å². The molecule has 12 heavy (non-hydrogen) atoms. The van der Waals surface area contributed by atoms with E-state index in [0.29, 0.717) is 17.9 Å². The first-order valence-corrected chi connectivity index (χ1v) is 5.18. The molecule has 0 aromatic carbocycles. The monoisotopic (exact) mass is 168 g/mol. The lowest BCUT2D eigenvalue weighted by Crippen LogP contribution is -2.55. The Balaban J connectivity index is 2.11. The molecule has 0 aromatic rings. The van der Waals surface area contributed by atoms with Crippen LogP contribution in [0.15, 0.2) is 0 Å². The third-order valence-corrected chi connectivity index (χ3v) is 4.75. The normalized spacial score (nSPS) is 50.0. The minimum Gasteiger partial charge on any atom is -0.396 e. The molecule has 2 bridgehead atoms. The van der Waals surface area contributed by atoms with E-state index in [1.807, 2.05) is 0 Å². The topological polar surface area (TPSA) is 20.2 Å². The van der Waals surface area contributed by atoms with E-state index in [9.17, 15) is 0 Å². The van der Waals surface area contributed by atoms with Gasteiger partial charge in [0.25, 0.3) is 0 Å². The summed E-state index contributed by atoms with van der Waals surface area (Å²) in [5.74, 6) is 3.13. The Morgan fingerprint density at radius 3 is 2.42 bits per heavy atom. The molecule has 0 aromatic heterocycles. The summed E-state index contributed by atoms with van der Waals surface area (Å²) in [5, 5.41) is 9.17. The molecule has 3 aliphatic carbocycles. The molecule has 1 nitrogen and oxygen atoms in total. The lowest BCUT2D eigenvalue weighted by Gasteiger charge is -2.62. The van der Waals surface area contributed by atoms with E-state index in [4.69, 9.17) is 5.11 Å². The molecule has 3 saturated carbocycles. The molecular weight excluding hydrogens is 148 g/mol. The van der Waals surface area contributed by atoms with Crippen LogP contribution in [0.5, 0.6) is 0 Å². The smallest absolute Gasteiger partial charge is 0.0462 e. The first kappa shape index (κ1) is 8.55. The minimum atomic E-state index is 0.407. The van der Waals surface area contributed by atoms with Crippen LogP contribution in [-0.4, -0.2) is 11.7 Å². The number of fused-ring (bicyclic) bond motifs is 2. The number of hydrogen-bond acceptors (Lipinski definition) is 1. The highest BCUT2D eigenvalue weighted by molar-refractivity contribution is 5.04. The van der Waals surface area contributed by atoms with Gasteiger partial charge in [-0.3, -0.25) is 0 Å². The van der Waals surface area contributed by atoms with Gasteiger partial charge in [0.15, 0.2) is 0 Å². The fourth-order valence-electron chi connectivity index (χ4n) is 3.50. The van der Waals surface area contributed by atoms with E-state index in [-0.39, 0.29) is 0 Å². The van der Waals surface area contributed by atoms with Crippen molar-refractivity contribution in [1.29, 1.82) is 0 Å². The zero-order valence-corrected chi connectivity index (χ0v) is 8.38. The first-order valence-electron chi connectivity index (χ1n) is 5.18. The first-order chi connectivity index (χ1) is 5.57. The molecule has 1 heteroatoms. The molecule has 3 aliphatic rings. The third kappa shape index (κ3) is 0.891. The Bertz CT molecular complexity index is 185. The average Bonchev–Trinajstić information content (AvgIpc) is 2.03. The largest absolute Gasteiger partial charge is 0.396 e. The predicted octanol–water partition coefficient (Wildman–Crippen LogP) is 2.30. The van der Waals surface area contributed by atoms with Crippen molar-refractivity contribution in [3.8, 4) is 0 Å². The zero-order valence-electron chi connectivity index (χ0n) is 8.38. The standard InChI is InChI=1S/C11H20O/c1-7-8(6-12)4-9-5-10(7)11(9,2)3/h7-10,12H,4-6H2,1-3H3/t7-,8-,9-,10+/m0/s1. The van der Waals surface area contributed by atoms with Crippen molar-refractivity contribution in [2.45, 2.75) is 33.6 Å². The summed E-state index contributed by atoms with van der Waals surface area (Å²) >= 11 is 0. The quantitative estimate of drug-likeness (QED) is 0.637. The second-order valence-electron chi connectivity index (χ2n) is 5.40. The molecule has 0 unspecified atom stereocenters. The molecule has 0 amide bonds. The van der Waals surface area contributed by atoms with Crippen LogP contribution in [0.25, 0.3) is 0 Å². The van der Waals surface area contributed by atoms with Gasteiger partial charge in [-0.25, -0.2) is 0 Å². The van der Waals surface area contributed by atoms with Gasteiger partial charge < -0.3 is 5.11 Å². The Morgan fingerprint density at radius 2 is 2.00 bits per heavy atom. The van der Waals surface area contributed by atoms with Crippen LogP contribution in [-0.2, 0) is 0 Å². The predicted molar refractivity (Wildman–Crippen MR) is 49.7 cm³/mol. The lowest BCUT2D eigenvalue weighted by atomic mass is 9.43. The number of aliphatic hydroxyl groups is 1. The highest BCUT2D eigenvalue weighted by atomic mass is 16.3. The molecule has 1 N–H and O–H groups in total. The van der Waals surface area contributed by atoms with Crippen LogP contribution in [0.4, 0.5) is 0 Å². The van der Waals surface area contributed by atoms with Gasteiger partial charge in [0, 0.05) is 6.61 Å². The van der Waals surface area contributed by atoms with Gasteiger partial charge in [-0.15, -0.1) is 0 Å². The van der Waals surface area contributed by atoms with Gasteiger partial charge in [0.05, 0.1) is 0 Å². The molecule has 0 spiro atoms. The third-order valence-electron chi connectivity index (χ3n) is 4.75. The van der Waals surface area contributed by atoms with Gasteiger partial charge in [-0.05, 0) is 41.9 Å². The fourth-order valence-corrected chi connectivity index (χ4v) is 3.50. The summed E-state index contributed by atoms with van der Waals surface area (Å²) in [5.41, 5.74) is 0.574. The highest BCUT2D eigenvalue weighted by Gasteiger charge is 2.55. The van der Waals surface area contributed by atoms with Crippen molar-refractivity contribution in [3.05, 3.63) is 0 Å². The van der Waals surface area contributed by atoms with Gasteiger partial charge in [0.2, 0.25) is 0 Å². The van der Waals surface area contributed by atoms with E-state index >= 15 is 0 Å². The molecular formula is C11H20O. The average molecular weight is 168 g/mol. The van der Waals surface area contributed by atoms with Gasteiger partial charge in [0.1, 0.15) is 0 Å². The molecule has 0 saturated heterocycles. The highest BCUT2D eigenvalue weighted by Crippen LogP contribution is 2.62. The minimum absolute atomic E-state index is 0.407. The molecule has 4 atom stereocenters. The van der Waals surface area contributed by atoms with Gasteiger partial charge in [-0.1, -0.05) is 20.8 Å². The second kappa shape index (κ2) is 2.47. The van der Waals surface area contributed by atoms with Crippen LogP contribution in [0.3, 0.4) is 0 Å². The molecule has 0 radical (unpaired) electrons. The summed E-state index contributed by atoms with van der Waals surface area (Å²) in [6.07, 6.45) is 2.69. The number of hydrogen-bond donors (Lipinski definition) is 1. The summed E-state index contributed by atoms with van der Waals surface area (Å²) in [7, 11) is 0. The summed E-state index contributed by atoms with van der Waals surface area (Å²) in [4.78, 5) is 0. The van der Waals surface area contributed by atoms with Crippen molar-refractivity contribution in [2.24, 2.45) is 29.1 Å². The van der Waals surface area contributed by atoms with E-state index < -0.39 is 0 Å². The van der Waals surface area contributed by atoms with Crippen LogP contribution < -0.4 is 0 Å². The van der Waals surface area contributed by atoms with Crippen molar-refractivity contribution >= 4 is 0 Å². The summed E-state index contributed by atoms with van der Waals surface area (Å²) in [6.45, 7) is 7.53. The van der Waals surface area contributed by atoms with Crippen LogP contribution in [0.2, 0.25) is 0 Å². The Morgan fingerprint density at radius 1 is 1.33 bits per heavy atom. The van der Waals surface area contributed by atoms with Crippen LogP contribution in [0, 0.1) is 29.1 Å². The maximum atomic E-state index is 9.17. The molecule has 3 rings (SSSR count). The lowest BCUT2D eigenvalue weighted by molar-refractivity contribution is -0.136. The fraction of sp³-hybridized carbons (Fsp3) is 1.00. The van der Waals surface area contributed by atoms with Crippen molar-refractivity contribution < 1.29 is 5.11 Å². The Kier molecular flexibility index (Phi) is 1.76. The molecule has 3 fully saturated rings. The maximum Gasteiger partial charge on any atom is 0.0462 e. The van der Waals surface area contributed by atoms with Crippen LogP contribution >= 0.6 is 0 Å². The molecule has 0 heterocycles. The van der Waals surface area contributed by atoms with Gasteiger partial charge in [-0.2, -0.15) is 0 Å². The van der Waals surface area contributed by atoms with E-state index in [1.165, 1.54) is 12.8 Å². The van der Waals surface area contributed by atoms with Crippen molar-refractivity contribution in [3.63, 3.8) is 0 Å². The molecule has 0 aliphatic heterocycles. The van der Waals surface area contributed by atoms with E-state index in [0.717, 1.165) is 17.8 Å². The number of rotatable bonds is 1.